The van der Waals surface area contributed by atoms with Crippen LogP contribution >= 0.6 is 0 Å². The van der Waals surface area contributed by atoms with Gasteiger partial charge in [-0.15, -0.1) is 0 Å². The van der Waals surface area contributed by atoms with Crippen molar-refractivity contribution >= 4 is 5.82 Å². The highest BCUT2D eigenvalue weighted by atomic mass is 15.3. The molecule has 0 amide bonds. The van der Waals surface area contributed by atoms with Crippen LogP contribution in [0.25, 0.3) is 0 Å². The van der Waals surface area contributed by atoms with E-state index >= 15 is 0 Å². The van der Waals surface area contributed by atoms with Gasteiger partial charge in [0.15, 0.2) is 0 Å². The van der Waals surface area contributed by atoms with Crippen molar-refractivity contribution in [2.75, 3.05) is 5.32 Å². The Balaban J connectivity index is 1.89. The van der Waals surface area contributed by atoms with Crippen molar-refractivity contribution in [3.63, 3.8) is 0 Å². The first-order valence-electron chi connectivity index (χ1n) is 5.02. The van der Waals surface area contributed by atoms with Gasteiger partial charge < -0.3 is 5.32 Å². The summed E-state index contributed by atoms with van der Waals surface area (Å²) in [4.78, 5) is 0. The Morgan fingerprint density at radius 2 is 2.38 bits per heavy atom. The zero-order valence-corrected chi connectivity index (χ0v) is 8.33. The van der Waals surface area contributed by atoms with Crippen LogP contribution in [-0.2, 0) is 7.05 Å². The minimum Gasteiger partial charge on any atom is -0.366 e. The molecule has 1 aromatic rings. The molecule has 0 radical (unpaired) electrons. The van der Waals surface area contributed by atoms with Crippen molar-refractivity contribution in [2.24, 2.45) is 13.0 Å². The van der Waals surface area contributed by atoms with Crippen LogP contribution < -0.4 is 5.32 Å². The summed E-state index contributed by atoms with van der Waals surface area (Å²) in [5.41, 5.74) is 0. The molecule has 1 aliphatic rings. The van der Waals surface area contributed by atoms with Crippen molar-refractivity contribution in [1.82, 2.24) is 9.78 Å². The van der Waals surface area contributed by atoms with Crippen LogP contribution in [-0.4, -0.2) is 15.8 Å². The Kier molecular flexibility index (Phi) is 2.25. The maximum Gasteiger partial charge on any atom is 0.148 e. The van der Waals surface area contributed by atoms with E-state index in [0.717, 1.165) is 11.7 Å². The lowest BCUT2D eigenvalue weighted by Crippen LogP contribution is -2.30. The number of nitrogens with zero attached hydrogens (tertiary/aromatic N) is 2. The first kappa shape index (κ1) is 8.60. The molecule has 0 aliphatic heterocycles. The molecule has 13 heavy (non-hydrogen) atoms. The van der Waals surface area contributed by atoms with Crippen LogP contribution in [0.15, 0.2) is 12.3 Å². The molecule has 1 heterocycles. The van der Waals surface area contributed by atoms with Crippen LogP contribution in [0.4, 0.5) is 5.82 Å². The number of aromatic nitrogens is 2. The lowest BCUT2D eigenvalue weighted by molar-refractivity contribution is 0.285. The fraction of sp³-hybridized carbons (Fsp3) is 0.700. The van der Waals surface area contributed by atoms with E-state index in [-0.39, 0.29) is 0 Å². The third kappa shape index (κ3) is 1.85. The molecule has 1 saturated carbocycles. The summed E-state index contributed by atoms with van der Waals surface area (Å²) < 4.78 is 1.83. The number of nitrogens with one attached hydrogen (secondary N) is 1. The fourth-order valence-corrected chi connectivity index (χ4v) is 1.78. The molecule has 0 aromatic carbocycles. The summed E-state index contributed by atoms with van der Waals surface area (Å²) in [7, 11) is 1.94. The largest absolute Gasteiger partial charge is 0.366 e. The molecule has 0 bridgehead atoms. The van der Waals surface area contributed by atoms with Gasteiger partial charge in [-0.3, -0.25) is 4.68 Å². The molecular weight excluding hydrogens is 162 g/mol. The summed E-state index contributed by atoms with van der Waals surface area (Å²) in [5.74, 6) is 1.86. The maximum atomic E-state index is 4.30. The molecule has 1 atom stereocenters. The van der Waals surface area contributed by atoms with Gasteiger partial charge >= 0.3 is 0 Å². The minimum atomic E-state index is 0.573. The number of hydrogen-bond acceptors (Lipinski definition) is 2. The lowest BCUT2D eigenvalue weighted by atomic mass is 9.80. The highest BCUT2D eigenvalue weighted by Crippen LogP contribution is 2.30. The summed E-state index contributed by atoms with van der Waals surface area (Å²) in [6, 6.07) is 2.60. The van der Waals surface area contributed by atoms with Gasteiger partial charge in [-0.1, -0.05) is 6.42 Å². The smallest absolute Gasteiger partial charge is 0.148 e. The van der Waals surface area contributed by atoms with Crippen LogP contribution in [0, 0.1) is 5.92 Å². The summed E-state index contributed by atoms with van der Waals surface area (Å²) in [6.07, 6.45) is 6.12. The van der Waals surface area contributed by atoms with E-state index < -0.39 is 0 Å². The third-order valence-electron chi connectivity index (χ3n) is 2.95. The Hall–Kier alpha value is -0.990. The van der Waals surface area contributed by atoms with Gasteiger partial charge in [0, 0.05) is 25.4 Å². The monoisotopic (exact) mass is 179 g/mol. The summed E-state index contributed by atoms with van der Waals surface area (Å²) in [6.45, 7) is 2.25. The molecule has 0 saturated heterocycles. The average molecular weight is 179 g/mol. The van der Waals surface area contributed by atoms with E-state index in [1.54, 1.807) is 0 Å². The van der Waals surface area contributed by atoms with Gasteiger partial charge in [0.1, 0.15) is 5.82 Å². The zero-order chi connectivity index (χ0) is 9.26. The normalized spacial score (nSPS) is 19.5. The van der Waals surface area contributed by atoms with E-state index in [4.69, 9.17) is 0 Å². The highest BCUT2D eigenvalue weighted by molar-refractivity contribution is 5.33. The predicted octanol–water partition coefficient (Wildman–Crippen LogP) is 2.02. The molecule has 1 aromatic heterocycles. The van der Waals surface area contributed by atoms with E-state index in [0.29, 0.717) is 6.04 Å². The molecule has 2 rings (SSSR count). The number of anilines is 1. The second kappa shape index (κ2) is 3.40. The van der Waals surface area contributed by atoms with E-state index in [9.17, 15) is 0 Å². The average Bonchev–Trinajstić information content (AvgIpc) is 2.31. The molecule has 1 N–H and O–H groups in total. The van der Waals surface area contributed by atoms with Crippen LogP contribution in [0.2, 0.25) is 0 Å². The second-order valence-electron chi connectivity index (χ2n) is 4.00. The number of hydrogen-bond donors (Lipinski definition) is 1. The number of aryl methyl sites for hydroxylation is 1. The van der Waals surface area contributed by atoms with Gasteiger partial charge in [-0.2, -0.15) is 5.10 Å². The highest BCUT2D eigenvalue weighted by Gasteiger charge is 2.23. The topological polar surface area (TPSA) is 29.9 Å². The van der Waals surface area contributed by atoms with Gasteiger partial charge in [-0.05, 0) is 25.7 Å². The van der Waals surface area contributed by atoms with Crippen molar-refractivity contribution in [1.29, 1.82) is 0 Å². The Bertz CT molecular complexity index is 275. The standard InChI is InChI=1S/C10H17N3/c1-8(9-4-3-5-9)11-10-6-7-13(2)12-10/h6-9H,3-5H2,1-2H3,(H,11,12). The fourth-order valence-electron chi connectivity index (χ4n) is 1.78. The minimum absolute atomic E-state index is 0.573. The molecule has 72 valence electrons. The molecule has 0 spiro atoms. The molecule has 1 unspecified atom stereocenters. The molecule has 3 heteroatoms. The lowest BCUT2D eigenvalue weighted by Gasteiger charge is -2.31. The van der Waals surface area contributed by atoms with Crippen molar-refractivity contribution in [3.05, 3.63) is 12.3 Å². The van der Waals surface area contributed by atoms with E-state index in [2.05, 4.69) is 17.3 Å². The zero-order valence-electron chi connectivity index (χ0n) is 8.33. The van der Waals surface area contributed by atoms with E-state index in [1.807, 2.05) is 24.0 Å². The van der Waals surface area contributed by atoms with Crippen molar-refractivity contribution < 1.29 is 0 Å². The second-order valence-corrected chi connectivity index (χ2v) is 4.00. The molecule has 1 fully saturated rings. The van der Waals surface area contributed by atoms with E-state index in [1.165, 1.54) is 19.3 Å². The number of rotatable bonds is 3. The Morgan fingerprint density at radius 1 is 1.62 bits per heavy atom. The van der Waals surface area contributed by atoms with Crippen molar-refractivity contribution in [2.45, 2.75) is 32.2 Å². The SMILES string of the molecule is CC(Nc1ccn(C)n1)C1CCC1. The Morgan fingerprint density at radius 3 is 2.85 bits per heavy atom. The first-order valence-corrected chi connectivity index (χ1v) is 5.02. The van der Waals surface area contributed by atoms with Crippen molar-refractivity contribution in [3.8, 4) is 0 Å². The van der Waals surface area contributed by atoms with Gasteiger partial charge in [-0.25, -0.2) is 0 Å². The summed E-state index contributed by atoms with van der Waals surface area (Å²) >= 11 is 0. The third-order valence-corrected chi connectivity index (χ3v) is 2.95. The van der Waals surface area contributed by atoms with Crippen LogP contribution in [0.3, 0.4) is 0 Å². The molecule has 1 aliphatic carbocycles. The van der Waals surface area contributed by atoms with Gasteiger partial charge in [0.2, 0.25) is 0 Å². The Labute approximate surface area is 79.1 Å². The maximum absolute atomic E-state index is 4.30. The predicted molar refractivity (Wildman–Crippen MR) is 53.6 cm³/mol. The van der Waals surface area contributed by atoms with Crippen LogP contribution in [0.1, 0.15) is 26.2 Å². The molecule has 3 nitrogen and oxygen atoms in total. The van der Waals surface area contributed by atoms with Crippen LogP contribution in [0.5, 0.6) is 0 Å². The summed E-state index contributed by atoms with van der Waals surface area (Å²) in [5, 5.41) is 7.73. The first-order chi connectivity index (χ1) is 6.25. The quantitative estimate of drug-likeness (QED) is 0.769. The molecular formula is C10H17N3. The van der Waals surface area contributed by atoms with Gasteiger partial charge in [0.05, 0.1) is 0 Å². The van der Waals surface area contributed by atoms with Gasteiger partial charge in [0.25, 0.3) is 0 Å².